The summed E-state index contributed by atoms with van der Waals surface area (Å²) in [7, 11) is -3.70. The number of sulfonamides is 1. The van der Waals surface area contributed by atoms with Gasteiger partial charge in [0.25, 0.3) is 15.9 Å². The Bertz CT molecular complexity index is 1740. The van der Waals surface area contributed by atoms with Crippen molar-refractivity contribution in [3.63, 3.8) is 0 Å². The van der Waals surface area contributed by atoms with Crippen molar-refractivity contribution in [3.05, 3.63) is 113 Å². The molecule has 5 rings (SSSR count). The molecule has 192 valence electrons. The van der Waals surface area contributed by atoms with Crippen LogP contribution in [0.2, 0.25) is 0 Å². The highest BCUT2D eigenvalue weighted by molar-refractivity contribution is 7.92. The average Bonchev–Trinajstić information content (AvgIpc) is 3.48. The number of amides is 1. The Morgan fingerprint density at radius 2 is 1.61 bits per heavy atom. The van der Waals surface area contributed by atoms with E-state index in [-0.39, 0.29) is 10.8 Å². The van der Waals surface area contributed by atoms with E-state index < -0.39 is 10.0 Å². The first kappa shape index (κ1) is 25.2. The lowest BCUT2D eigenvalue weighted by Gasteiger charge is -2.12. The summed E-state index contributed by atoms with van der Waals surface area (Å²) < 4.78 is 29.6. The molecule has 10 heteroatoms. The van der Waals surface area contributed by atoms with Crippen LogP contribution in [0.4, 0.5) is 5.69 Å². The van der Waals surface area contributed by atoms with E-state index in [4.69, 9.17) is 0 Å². The van der Waals surface area contributed by atoms with Crippen molar-refractivity contribution in [2.75, 3.05) is 4.72 Å². The number of nitrogens with zero attached hydrogens (tertiary/aromatic N) is 2. The Kier molecular flexibility index (Phi) is 6.75. The van der Waals surface area contributed by atoms with Crippen LogP contribution < -0.4 is 15.6 Å². The first-order chi connectivity index (χ1) is 18.2. The highest BCUT2D eigenvalue weighted by Crippen LogP contribution is 2.30. The molecule has 8 nitrogen and oxygen atoms in total. The molecule has 0 aliphatic carbocycles. The van der Waals surface area contributed by atoms with Gasteiger partial charge in [0.15, 0.2) is 0 Å². The summed E-state index contributed by atoms with van der Waals surface area (Å²) in [6.07, 6.45) is 0. The average molecular weight is 544 g/mol. The maximum Gasteiger partial charge on any atom is 0.279 e. The van der Waals surface area contributed by atoms with E-state index in [0.29, 0.717) is 21.8 Å². The molecule has 0 saturated heterocycles. The maximum absolute atomic E-state index is 12.9. The molecule has 0 aliphatic rings. The Morgan fingerprint density at radius 1 is 0.921 bits per heavy atom. The number of aryl methyl sites for hydroxylation is 2. The summed E-state index contributed by atoms with van der Waals surface area (Å²) >= 11 is 1.35. The van der Waals surface area contributed by atoms with Crippen molar-refractivity contribution < 1.29 is 13.2 Å². The predicted molar refractivity (Wildman–Crippen MR) is 152 cm³/mol. The molecule has 0 bridgehead atoms. The Morgan fingerprint density at radius 3 is 2.29 bits per heavy atom. The second-order valence-corrected chi connectivity index (χ2v) is 11.4. The molecule has 0 fully saturated rings. The third-order valence-corrected chi connectivity index (χ3v) is 8.42. The highest BCUT2D eigenvalue weighted by Gasteiger charge is 2.18. The first-order valence-corrected chi connectivity index (χ1v) is 14.0. The predicted octanol–water partition coefficient (Wildman–Crippen LogP) is 5.41. The first-order valence-electron chi connectivity index (χ1n) is 11.7. The third kappa shape index (κ3) is 5.17. The molecule has 3 N–H and O–H groups in total. The van der Waals surface area contributed by atoms with Crippen molar-refractivity contribution in [2.24, 2.45) is 0 Å². The van der Waals surface area contributed by atoms with Gasteiger partial charge < -0.3 is 0 Å². The number of hydrogen-bond donors (Lipinski definition) is 3. The second kappa shape index (κ2) is 10.2. The number of carbonyl (C=O) groups excluding carboxylic acids is 1. The van der Waals surface area contributed by atoms with Crippen LogP contribution in [0, 0.1) is 13.8 Å². The van der Waals surface area contributed by atoms with E-state index in [1.807, 2.05) is 54.9 Å². The fraction of sp³-hybridized carbons (Fsp3) is 0.0714. The topological polar surface area (TPSA) is 105 Å². The normalized spacial score (nSPS) is 11.3. The van der Waals surface area contributed by atoms with Crippen LogP contribution in [0.5, 0.6) is 0 Å². The zero-order chi connectivity index (χ0) is 26.9. The molecule has 0 radical (unpaired) electrons. The fourth-order valence-corrected chi connectivity index (χ4v) is 5.98. The summed E-state index contributed by atoms with van der Waals surface area (Å²) in [5.41, 5.74) is 9.84. The molecule has 0 unspecified atom stereocenters. The molecule has 3 aromatic carbocycles. The van der Waals surface area contributed by atoms with Gasteiger partial charge in [-0.3, -0.25) is 20.4 Å². The van der Waals surface area contributed by atoms with Crippen LogP contribution in [0.3, 0.4) is 0 Å². The van der Waals surface area contributed by atoms with E-state index in [9.17, 15) is 13.2 Å². The second-order valence-electron chi connectivity index (χ2n) is 8.72. The summed E-state index contributed by atoms with van der Waals surface area (Å²) in [6.45, 7) is 7.79. The summed E-state index contributed by atoms with van der Waals surface area (Å²) in [5, 5.41) is 5.53. The van der Waals surface area contributed by atoms with Crippen molar-refractivity contribution in [2.45, 2.75) is 18.7 Å². The molecule has 5 aromatic rings. The minimum Gasteiger partial charge on any atom is -0.298 e. The van der Waals surface area contributed by atoms with Gasteiger partial charge in [0.05, 0.1) is 26.9 Å². The third-order valence-electron chi connectivity index (χ3n) is 5.91. The lowest BCUT2D eigenvalue weighted by molar-refractivity contribution is 0.0946. The van der Waals surface area contributed by atoms with E-state index >= 15 is 0 Å². The molecule has 0 aliphatic heterocycles. The zero-order valence-corrected chi connectivity index (χ0v) is 22.4. The van der Waals surface area contributed by atoms with Crippen molar-refractivity contribution in [1.29, 1.82) is 0 Å². The fourth-order valence-electron chi connectivity index (χ4n) is 3.84. The Hall–Kier alpha value is -4.41. The van der Waals surface area contributed by atoms with Crippen molar-refractivity contribution in [3.8, 4) is 5.69 Å². The van der Waals surface area contributed by atoms with Crippen LogP contribution in [0.15, 0.2) is 96.4 Å². The minimum absolute atomic E-state index is 0.189. The minimum atomic E-state index is -3.70. The summed E-state index contributed by atoms with van der Waals surface area (Å²) in [6, 6.07) is 24.9. The number of benzene rings is 3. The monoisotopic (exact) mass is 543 g/mol. The van der Waals surface area contributed by atoms with Gasteiger partial charge >= 0.3 is 0 Å². The van der Waals surface area contributed by atoms with Crippen LogP contribution >= 0.6 is 11.3 Å². The molecule has 0 saturated carbocycles. The van der Waals surface area contributed by atoms with E-state index in [1.165, 1.54) is 11.3 Å². The largest absolute Gasteiger partial charge is 0.298 e. The standard InChI is InChI=1S/C28H25N5O3S2/c1-18-9-15-24(16-10-18)38(35,36)32-22-13-11-21(12-14-22)19(2)29-30-27(34)26-17-25-20(3)31-33(28(25)37-26)23-7-5-4-6-8-23/h4-17,29,32H,2H2,1,3H3,(H,30,34). The summed E-state index contributed by atoms with van der Waals surface area (Å²) in [4.78, 5) is 14.5. The number of nitrogens with one attached hydrogen (secondary N) is 3. The van der Waals surface area contributed by atoms with Gasteiger partial charge in [-0.05, 0) is 61.9 Å². The maximum atomic E-state index is 12.9. The van der Waals surface area contributed by atoms with E-state index in [0.717, 1.165) is 27.2 Å². The number of hydrazine groups is 1. The number of aromatic nitrogens is 2. The number of carbonyl (C=O) groups is 1. The number of hydrogen-bond acceptors (Lipinski definition) is 6. The molecule has 0 spiro atoms. The Labute approximate surface area is 224 Å². The van der Waals surface area contributed by atoms with Crippen LogP contribution in [0.25, 0.3) is 21.6 Å². The van der Waals surface area contributed by atoms with Crippen molar-refractivity contribution in [1.82, 2.24) is 20.6 Å². The van der Waals surface area contributed by atoms with Crippen LogP contribution in [-0.4, -0.2) is 24.1 Å². The molecule has 2 heterocycles. The van der Waals surface area contributed by atoms with E-state index in [1.54, 1.807) is 48.5 Å². The quantitative estimate of drug-likeness (QED) is 0.227. The van der Waals surface area contributed by atoms with Crippen LogP contribution in [-0.2, 0) is 10.0 Å². The molecule has 0 atom stereocenters. The SMILES string of the molecule is C=C(NNC(=O)c1cc2c(C)nn(-c3ccccc3)c2s1)c1ccc(NS(=O)(=O)c2ccc(C)cc2)cc1. The zero-order valence-electron chi connectivity index (χ0n) is 20.7. The smallest absolute Gasteiger partial charge is 0.279 e. The number of para-hydroxylation sites is 1. The van der Waals surface area contributed by atoms with Gasteiger partial charge in [-0.15, -0.1) is 11.3 Å². The lowest BCUT2D eigenvalue weighted by atomic mass is 10.1. The number of rotatable bonds is 8. The number of anilines is 1. The Balaban J connectivity index is 1.23. The molecular weight excluding hydrogens is 518 g/mol. The van der Waals surface area contributed by atoms with Crippen molar-refractivity contribution >= 4 is 48.9 Å². The molecule has 1 amide bonds. The molecular formula is C28H25N5O3S2. The highest BCUT2D eigenvalue weighted by atomic mass is 32.2. The summed E-state index contributed by atoms with van der Waals surface area (Å²) in [5.74, 6) is -0.297. The van der Waals surface area contributed by atoms with Gasteiger partial charge in [0.2, 0.25) is 0 Å². The van der Waals surface area contributed by atoms with Gasteiger partial charge in [0.1, 0.15) is 4.83 Å². The number of thiophene rings is 1. The van der Waals surface area contributed by atoms with E-state index in [2.05, 4.69) is 27.3 Å². The molecule has 38 heavy (non-hydrogen) atoms. The molecule has 2 aromatic heterocycles. The van der Waals surface area contributed by atoms with Gasteiger partial charge in [-0.25, -0.2) is 13.1 Å². The van der Waals surface area contributed by atoms with Gasteiger partial charge in [0, 0.05) is 11.1 Å². The number of fused-ring (bicyclic) bond motifs is 1. The lowest BCUT2D eigenvalue weighted by Crippen LogP contribution is -2.35. The van der Waals surface area contributed by atoms with Crippen LogP contribution in [0.1, 0.15) is 26.5 Å². The van der Waals surface area contributed by atoms with Gasteiger partial charge in [-0.1, -0.05) is 54.6 Å². The van der Waals surface area contributed by atoms with Gasteiger partial charge in [-0.2, -0.15) is 5.10 Å².